The lowest BCUT2D eigenvalue weighted by Crippen LogP contribution is -2.40. The van der Waals surface area contributed by atoms with Gasteiger partial charge in [0.25, 0.3) is 11.8 Å². The SMILES string of the molecule is BOC#C[C@@H](Oc1cc(C(=O)Nc2ccc(C(=O)N3CCCN(B(C)O)CC3)cc2)nnc1N)c1c(Cl)ccc(F)c1Cl. The van der Waals surface area contributed by atoms with Crippen LogP contribution in [0.2, 0.25) is 16.9 Å². The highest BCUT2D eigenvalue weighted by Gasteiger charge is 2.25. The Hall–Kier alpha value is -4.02. The van der Waals surface area contributed by atoms with E-state index >= 15 is 0 Å². The number of amides is 2. The zero-order valence-corrected chi connectivity index (χ0v) is 24.8. The van der Waals surface area contributed by atoms with Crippen LogP contribution in [-0.2, 0) is 4.65 Å². The van der Waals surface area contributed by atoms with Crippen molar-refractivity contribution in [3.05, 3.63) is 75.1 Å². The molecule has 2 amide bonds. The maximum Gasteiger partial charge on any atom is 0.376 e. The summed E-state index contributed by atoms with van der Waals surface area (Å²) in [7, 11) is 0.759. The predicted octanol–water partition coefficient (Wildman–Crippen LogP) is 2.66. The molecule has 4 rings (SSSR count). The van der Waals surface area contributed by atoms with Crippen LogP contribution in [0, 0.1) is 17.8 Å². The van der Waals surface area contributed by atoms with Crippen LogP contribution in [0.15, 0.2) is 42.5 Å². The number of carbonyl (C=O) groups excluding carboxylic acids is 2. The Labute approximate surface area is 259 Å². The number of halogens is 3. The van der Waals surface area contributed by atoms with Crippen LogP contribution in [-0.4, -0.2) is 78.0 Å². The van der Waals surface area contributed by atoms with Gasteiger partial charge in [-0.2, -0.15) is 0 Å². The molecule has 1 saturated heterocycles. The Bertz CT molecular complexity index is 1560. The fraction of sp³-hybridized carbons (Fsp3) is 0.259. The summed E-state index contributed by atoms with van der Waals surface area (Å²) in [5, 5.41) is 19.9. The summed E-state index contributed by atoms with van der Waals surface area (Å²) in [6.07, 6.45) is 1.88. The molecule has 1 atom stereocenters. The second kappa shape index (κ2) is 14.4. The highest BCUT2D eigenvalue weighted by atomic mass is 35.5. The van der Waals surface area contributed by atoms with Crippen molar-refractivity contribution in [3.8, 4) is 17.8 Å². The first-order chi connectivity index (χ1) is 20.6. The molecule has 1 aliphatic heterocycles. The molecule has 222 valence electrons. The number of rotatable bonds is 7. The van der Waals surface area contributed by atoms with Crippen LogP contribution >= 0.6 is 23.2 Å². The molecule has 2 heterocycles. The minimum atomic E-state index is -1.23. The van der Waals surface area contributed by atoms with E-state index in [0.717, 1.165) is 12.5 Å². The lowest BCUT2D eigenvalue weighted by atomic mass is 9.85. The van der Waals surface area contributed by atoms with E-state index in [1.54, 1.807) is 36.0 Å². The third-order valence-corrected chi connectivity index (χ3v) is 7.35. The first-order valence-corrected chi connectivity index (χ1v) is 13.9. The van der Waals surface area contributed by atoms with Crippen molar-refractivity contribution in [1.29, 1.82) is 0 Å². The number of nitrogens with one attached hydrogen (secondary N) is 1. The van der Waals surface area contributed by atoms with Crippen LogP contribution < -0.4 is 15.8 Å². The fourth-order valence-corrected chi connectivity index (χ4v) is 4.93. The summed E-state index contributed by atoms with van der Waals surface area (Å²) in [4.78, 5) is 29.7. The third-order valence-electron chi connectivity index (χ3n) is 6.63. The van der Waals surface area contributed by atoms with Gasteiger partial charge in [-0.1, -0.05) is 23.2 Å². The molecule has 0 radical (unpaired) electrons. The molecule has 0 aliphatic carbocycles. The van der Waals surface area contributed by atoms with E-state index in [2.05, 4.69) is 27.5 Å². The normalized spacial score (nSPS) is 14.1. The Balaban J connectivity index is 1.47. The molecule has 0 bridgehead atoms. The Morgan fingerprint density at radius 1 is 1.16 bits per heavy atom. The zero-order valence-electron chi connectivity index (χ0n) is 23.3. The van der Waals surface area contributed by atoms with Crippen molar-refractivity contribution >= 4 is 61.6 Å². The number of benzene rings is 2. The molecule has 43 heavy (non-hydrogen) atoms. The van der Waals surface area contributed by atoms with Crippen LogP contribution in [0.5, 0.6) is 5.75 Å². The molecule has 0 saturated carbocycles. The van der Waals surface area contributed by atoms with E-state index in [0.29, 0.717) is 37.4 Å². The standard InChI is InChI=1S/C27H27B2Cl2FN6O5/c1-29(41)38-11-2-10-37(12-13-38)27(40)16-3-5-17(6-4-16)34-26(39)20-15-22(25(33)36-35-20)43-21(9-14-42-28)23-18(30)7-8-19(32)24(23)31/h3-8,15,21,41H,2,10-13,28H2,1H3,(H2,33,36)(H,34,39)/t21-/m1/s1. The molecule has 2 aromatic carbocycles. The van der Waals surface area contributed by atoms with Crippen LogP contribution in [0.4, 0.5) is 15.9 Å². The van der Waals surface area contributed by atoms with E-state index in [1.807, 2.05) is 4.81 Å². The van der Waals surface area contributed by atoms with Crippen molar-refractivity contribution in [2.45, 2.75) is 19.3 Å². The van der Waals surface area contributed by atoms with Gasteiger partial charge in [-0.25, -0.2) is 4.39 Å². The van der Waals surface area contributed by atoms with Crippen molar-refractivity contribution in [3.63, 3.8) is 0 Å². The van der Waals surface area contributed by atoms with Crippen LogP contribution in [0.25, 0.3) is 0 Å². The topological polar surface area (TPSA) is 143 Å². The van der Waals surface area contributed by atoms with Gasteiger partial charge >= 0.3 is 15.1 Å². The lowest BCUT2D eigenvalue weighted by Gasteiger charge is -2.22. The van der Waals surface area contributed by atoms with Gasteiger partial charge in [0.1, 0.15) is 5.82 Å². The van der Waals surface area contributed by atoms with Gasteiger partial charge < -0.3 is 35.2 Å². The number of nitrogens with two attached hydrogens (primary N) is 1. The predicted molar refractivity (Wildman–Crippen MR) is 164 cm³/mol. The molecule has 4 N–H and O–H groups in total. The Kier molecular flexibility index (Phi) is 10.7. The Morgan fingerprint density at radius 2 is 1.91 bits per heavy atom. The molecular weight excluding hydrogens is 600 g/mol. The fourth-order valence-electron chi connectivity index (χ4n) is 4.36. The highest BCUT2D eigenvalue weighted by molar-refractivity contribution is 6.45. The van der Waals surface area contributed by atoms with E-state index in [9.17, 15) is 19.0 Å². The van der Waals surface area contributed by atoms with Crippen molar-refractivity contribution < 1.29 is 28.4 Å². The summed E-state index contributed by atoms with van der Waals surface area (Å²) >= 11 is 12.4. The number of nitrogens with zero attached hydrogens (tertiary/aromatic N) is 4. The molecule has 11 nitrogen and oxygen atoms in total. The monoisotopic (exact) mass is 626 g/mol. The van der Waals surface area contributed by atoms with E-state index in [-0.39, 0.29) is 38.8 Å². The van der Waals surface area contributed by atoms with Gasteiger partial charge in [-0.15, -0.1) is 10.2 Å². The quantitative estimate of drug-likeness (QED) is 0.205. The van der Waals surface area contributed by atoms with E-state index in [1.165, 1.54) is 20.2 Å². The van der Waals surface area contributed by atoms with Gasteiger partial charge in [0.15, 0.2) is 23.4 Å². The number of nitrogen functional groups attached to an aromatic ring is 1. The van der Waals surface area contributed by atoms with Crippen molar-refractivity contribution in [1.82, 2.24) is 19.9 Å². The van der Waals surface area contributed by atoms with E-state index < -0.39 is 24.9 Å². The number of ether oxygens (including phenoxy) is 1. The molecule has 3 aromatic rings. The smallest absolute Gasteiger partial charge is 0.376 e. The molecule has 0 unspecified atom stereocenters. The molecule has 1 fully saturated rings. The van der Waals surface area contributed by atoms with E-state index in [4.69, 9.17) is 38.3 Å². The zero-order chi connectivity index (χ0) is 31.1. The average Bonchev–Trinajstić information content (AvgIpc) is 3.25. The van der Waals surface area contributed by atoms with Crippen LogP contribution in [0.1, 0.15) is 38.9 Å². The minimum absolute atomic E-state index is 0.0326. The number of carbonyl (C=O) groups is 2. The summed E-state index contributed by atoms with van der Waals surface area (Å²) in [5.74, 6) is 0.863. The summed E-state index contributed by atoms with van der Waals surface area (Å²) < 4.78 is 24.9. The van der Waals surface area contributed by atoms with Gasteiger partial charge in [0.05, 0.1) is 16.2 Å². The maximum absolute atomic E-state index is 14.2. The summed E-state index contributed by atoms with van der Waals surface area (Å²) in [5.41, 5.74) is 6.69. The third kappa shape index (κ3) is 7.88. The molecule has 0 spiro atoms. The highest BCUT2D eigenvalue weighted by Crippen LogP contribution is 2.36. The second-order valence-corrected chi connectivity index (χ2v) is 10.3. The summed E-state index contributed by atoms with van der Waals surface area (Å²) in [6, 6.07) is 10.1. The Morgan fingerprint density at radius 3 is 2.60 bits per heavy atom. The number of hydrogen-bond acceptors (Lipinski definition) is 9. The lowest BCUT2D eigenvalue weighted by molar-refractivity contribution is 0.0763. The van der Waals surface area contributed by atoms with Gasteiger partial charge in [-0.05, 0) is 62.1 Å². The van der Waals surface area contributed by atoms with Crippen molar-refractivity contribution in [2.24, 2.45) is 0 Å². The van der Waals surface area contributed by atoms with Crippen molar-refractivity contribution in [2.75, 3.05) is 37.2 Å². The second-order valence-electron chi connectivity index (χ2n) is 9.53. The summed E-state index contributed by atoms with van der Waals surface area (Å²) in [6.45, 7) is 4.07. The molecule has 16 heteroatoms. The van der Waals surface area contributed by atoms with Gasteiger partial charge in [0, 0.05) is 42.5 Å². The van der Waals surface area contributed by atoms with Gasteiger partial charge in [-0.3, -0.25) is 9.59 Å². The first kappa shape index (κ1) is 31.9. The van der Waals surface area contributed by atoms with Crippen LogP contribution in [0.3, 0.4) is 0 Å². The largest absolute Gasteiger partial charge is 0.525 e. The molecule has 1 aliphatic rings. The molecule has 1 aromatic heterocycles. The number of hydrogen-bond donors (Lipinski definition) is 3. The number of aromatic nitrogens is 2. The average molecular weight is 627 g/mol. The van der Waals surface area contributed by atoms with Gasteiger partial charge in [0.2, 0.25) is 0 Å². The molecular formula is C27H27B2Cl2FN6O5. The first-order valence-electron chi connectivity index (χ1n) is 13.2. The maximum atomic E-state index is 14.2. The minimum Gasteiger partial charge on any atom is -0.525 e. The number of anilines is 2.